The normalized spacial score (nSPS) is 22.3. The highest BCUT2D eigenvalue weighted by Gasteiger charge is 2.36. The van der Waals surface area contributed by atoms with Crippen molar-refractivity contribution in [1.82, 2.24) is 14.5 Å². The number of imidazole rings is 1. The molecule has 118 valence electrons. The van der Waals surface area contributed by atoms with Crippen LogP contribution in [0.5, 0.6) is 0 Å². The Hall–Kier alpha value is -1.03. The molecule has 4 nitrogen and oxygen atoms in total. The lowest BCUT2D eigenvalue weighted by atomic mass is 9.96. The number of nitrogens with one attached hydrogen (secondary N) is 1. The van der Waals surface area contributed by atoms with E-state index in [9.17, 15) is 0 Å². The number of nitrogens with zero attached hydrogens (tertiary/aromatic N) is 3. The number of rotatable bonds is 5. The van der Waals surface area contributed by atoms with Crippen LogP contribution in [0.15, 0.2) is 6.20 Å². The van der Waals surface area contributed by atoms with Gasteiger partial charge in [0.15, 0.2) is 0 Å². The Balaban J connectivity index is 1.72. The van der Waals surface area contributed by atoms with Gasteiger partial charge in [-0.2, -0.15) is 0 Å². The maximum absolute atomic E-state index is 4.74. The van der Waals surface area contributed by atoms with Crippen molar-refractivity contribution >= 4 is 5.95 Å². The molecule has 0 saturated heterocycles. The van der Waals surface area contributed by atoms with E-state index < -0.39 is 0 Å². The van der Waals surface area contributed by atoms with Crippen LogP contribution in [0.2, 0.25) is 0 Å². The van der Waals surface area contributed by atoms with Crippen LogP contribution >= 0.6 is 0 Å². The molecule has 2 saturated carbocycles. The first kappa shape index (κ1) is 14.9. The van der Waals surface area contributed by atoms with Gasteiger partial charge >= 0.3 is 0 Å². The van der Waals surface area contributed by atoms with Gasteiger partial charge in [0.05, 0.1) is 5.69 Å². The lowest BCUT2D eigenvalue weighted by molar-refractivity contribution is 0.172. The molecule has 0 amide bonds. The second kappa shape index (κ2) is 5.99. The van der Waals surface area contributed by atoms with Gasteiger partial charge in [-0.3, -0.25) is 0 Å². The van der Waals surface area contributed by atoms with E-state index in [1.165, 1.54) is 51.4 Å². The molecule has 2 fully saturated rings. The second-order valence-corrected chi connectivity index (χ2v) is 7.23. The molecule has 1 heterocycles. The first-order valence-electron chi connectivity index (χ1n) is 8.57. The van der Waals surface area contributed by atoms with Crippen molar-refractivity contribution < 1.29 is 0 Å². The molecule has 21 heavy (non-hydrogen) atoms. The number of aryl methyl sites for hydroxylation is 1. The Morgan fingerprint density at radius 1 is 1.24 bits per heavy atom. The predicted molar refractivity (Wildman–Crippen MR) is 87.8 cm³/mol. The Labute approximate surface area is 128 Å². The third-order valence-corrected chi connectivity index (χ3v) is 5.63. The summed E-state index contributed by atoms with van der Waals surface area (Å²) in [6.45, 7) is 3.12. The van der Waals surface area contributed by atoms with Crippen LogP contribution in [0, 0.1) is 6.92 Å². The van der Waals surface area contributed by atoms with Crippen molar-refractivity contribution in [2.24, 2.45) is 0 Å². The lowest BCUT2D eigenvalue weighted by Gasteiger charge is -2.36. The van der Waals surface area contributed by atoms with E-state index in [2.05, 4.69) is 42.0 Å². The quantitative estimate of drug-likeness (QED) is 0.899. The first-order chi connectivity index (χ1) is 10.1. The monoisotopic (exact) mass is 290 g/mol. The number of aromatic nitrogens is 2. The molecule has 1 aromatic rings. The van der Waals surface area contributed by atoms with Gasteiger partial charge in [0.2, 0.25) is 5.95 Å². The smallest absolute Gasteiger partial charge is 0.203 e. The van der Waals surface area contributed by atoms with Crippen LogP contribution in [0.3, 0.4) is 0 Å². The third kappa shape index (κ3) is 2.96. The van der Waals surface area contributed by atoms with Gasteiger partial charge in [-0.15, -0.1) is 0 Å². The standard InChI is InChI=1S/C17H30N4/c1-14-12-21(15-8-4-5-9-15)16(19-14)18-13-17(20(2)3)10-6-7-11-17/h12,15H,4-11,13H2,1-3H3,(H,18,19). The second-order valence-electron chi connectivity index (χ2n) is 7.23. The largest absolute Gasteiger partial charge is 0.354 e. The summed E-state index contributed by atoms with van der Waals surface area (Å²) < 4.78 is 2.40. The Morgan fingerprint density at radius 3 is 2.52 bits per heavy atom. The molecule has 4 heteroatoms. The van der Waals surface area contributed by atoms with Crippen LogP contribution in [0.1, 0.15) is 63.1 Å². The van der Waals surface area contributed by atoms with Gasteiger partial charge in [-0.25, -0.2) is 4.98 Å². The molecule has 0 radical (unpaired) electrons. The summed E-state index contributed by atoms with van der Waals surface area (Å²) in [4.78, 5) is 7.16. The number of hydrogen-bond donors (Lipinski definition) is 1. The average molecular weight is 290 g/mol. The Morgan fingerprint density at radius 2 is 1.90 bits per heavy atom. The lowest BCUT2D eigenvalue weighted by Crippen LogP contribution is -2.47. The zero-order valence-corrected chi connectivity index (χ0v) is 13.9. The first-order valence-corrected chi connectivity index (χ1v) is 8.57. The number of likely N-dealkylation sites (N-methyl/N-ethyl adjacent to an activating group) is 1. The molecule has 0 spiro atoms. The highest BCUT2D eigenvalue weighted by atomic mass is 15.3. The average Bonchev–Trinajstić information content (AvgIpc) is 3.17. The summed E-state index contributed by atoms with van der Waals surface area (Å²) in [6, 6.07) is 0.660. The van der Waals surface area contributed by atoms with Gasteiger partial charge in [0.25, 0.3) is 0 Å². The fourth-order valence-electron chi connectivity index (χ4n) is 4.17. The van der Waals surface area contributed by atoms with Gasteiger partial charge in [0, 0.05) is 24.3 Å². The molecule has 3 rings (SSSR count). The molecular formula is C17H30N4. The summed E-state index contributed by atoms with van der Waals surface area (Å²) in [5.74, 6) is 1.09. The summed E-state index contributed by atoms with van der Waals surface area (Å²) in [5.41, 5.74) is 1.45. The van der Waals surface area contributed by atoms with Crippen LogP contribution in [-0.4, -0.2) is 40.6 Å². The van der Waals surface area contributed by atoms with E-state index in [1.54, 1.807) is 0 Å². The third-order valence-electron chi connectivity index (χ3n) is 5.63. The predicted octanol–water partition coefficient (Wildman–Crippen LogP) is 3.59. The molecule has 2 aliphatic rings. The minimum Gasteiger partial charge on any atom is -0.354 e. The summed E-state index contributed by atoms with van der Waals surface area (Å²) in [5, 5.41) is 3.69. The van der Waals surface area contributed by atoms with Gasteiger partial charge in [-0.05, 0) is 46.7 Å². The van der Waals surface area contributed by atoms with E-state index >= 15 is 0 Å². The summed E-state index contributed by atoms with van der Waals surface area (Å²) in [6.07, 6.45) is 12.9. The van der Waals surface area contributed by atoms with Crippen molar-refractivity contribution in [1.29, 1.82) is 0 Å². The molecule has 0 unspecified atom stereocenters. The minimum absolute atomic E-state index is 0.320. The van der Waals surface area contributed by atoms with Crippen LogP contribution in [0.4, 0.5) is 5.95 Å². The van der Waals surface area contributed by atoms with E-state index in [0.29, 0.717) is 11.6 Å². The minimum atomic E-state index is 0.320. The molecule has 0 aromatic carbocycles. The summed E-state index contributed by atoms with van der Waals surface area (Å²) >= 11 is 0. The molecule has 1 N–H and O–H groups in total. The number of hydrogen-bond acceptors (Lipinski definition) is 3. The molecular weight excluding hydrogens is 260 g/mol. The maximum Gasteiger partial charge on any atom is 0.203 e. The maximum atomic E-state index is 4.74. The topological polar surface area (TPSA) is 33.1 Å². The van der Waals surface area contributed by atoms with Gasteiger partial charge < -0.3 is 14.8 Å². The molecule has 0 aliphatic heterocycles. The van der Waals surface area contributed by atoms with E-state index in [0.717, 1.165) is 18.2 Å². The van der Waals surface area contributed by atoms with E-state index in [1.807, 2.05) is 0 Å². The fraction of sp³-hybridized carbons (Fsp3) is 0.824. The van der Waals surface area contributed by atoms with Crippen LogP contribution < -0.4 is 5.32 Å². The van der Waals surface area contributed by atoms with E-state index in [4.69, 9.17) is 4.98 Å². The zero-order valence-electron chi connectivity index (χ0n) is 13.9. The van der Waals surface area contributed by atoms with E-state index in [-0.39, 0.29) is 0 Å². The zero-order chi connectivity index (χ0) is 14.9. The fourth-order valence-corrected chi connectivity index (χ4v) is 4.17. The van der Waals surface area contributed by atoms with Crippen LogP contribution in [0.25, 0.3) is 0 Å². The Kier molecular flexibility index (Phi) is 4.25. The SMILES string of the molecule is Cc1cn(C2CCCC2)c(NCC2(N(C)C)CCCC2)n1. The number of anilines is 1. The van der Waals surface area contributed by atoms with Crippen molar-refractivity contribution in [2.75, 3.05) is 26.0 Å². The molecule has 0 bridgehead atoms. The molecule has 1 aromatic heterocycles. The highest BCUT2D eigenvalue weighted by Crippen LogP contribution is 2.35. The van der Waals surface area contributed by atoms with Gasteiger partial charge in [-0.1, -0.05) is 25.7 Å². The van der Waals surface area contributed by atoms with Crippen molar-refractivity contribution in [3.63, 3.8) is 0 Å². The summed E-state index contributed by atoms with van der Waals surface area (Å²) in [7, 11) is 4.45. The van der Waals surface area contributed by atoms with Gasteiger partial charge in [0.1, 0.15) is 0 Å². The highest BCUT2D eigenvalue weighted by molar-refractivity contribution is 5.31. The molecule has 0 atom stereocenters. The van der Waals surface area contributed by atoms with Crippen LogP contribution in [-0.2, 0) is 0 Å². The van der Waals surface area contributed by atoms with Crippen molar-refractivity contribution in [2.45, 2.75) is 69.9 Å². The molecule has 2 aliphatic carbocycles. The van der Waals surface area contributed by atoms with Crippen molar-refractivity contribution in [3.05, 3.63) is 11.9 Å². The Bertz CT molecular complexity index is 465. The van der Waals surface area contributed by atoms with Crippen molar-refractivity contribution in [3.8, 4) is 0 Å².